The Morgan fingerprint density at radius 1 is 0.771 bits per heavy atom. The van der Waals surface area contributed by atoms with E-state index in [9.17, 15) is 20.1 Å². The second-order valence-corrected chi connectivity index (χ2v) is 20.2. The van der Waals surface area contributed by atoms with E-state index in [0.717, 1.165) is 80.1 Å². The van der Waals surface area contributed by atoms with E-state index in [0.29, 0.717) is 56.6 Å². The van der Waals surface area contributed by atoms with E-state index in [4.69, 9.17) is 18.9 Å². The third-order valence-electron chi connectivity index (χ3n) is 16.3. The van der Waals surface area contributed by atoms with Gasteiger partial charge in [-0.05, 0) is 173 Å². The molecule has 0 aromatic heterocycles. The predicted molar refractivity (Wildman–Crippen MR) is 271 cm³/mol. The van der Waals surface area contributed by atoms with Crippen molar-refractivity contribution in [3.8, 4) is 39.9 Å². The van der Waals surface area contributed by atoms with Gasteiger partial charge in [0.05, 0.1) is 19.6 Å². The molecule has 0 unspecified atom stereocenters. The van der Waals surface area contributed by atoms with Gasteiger partial charge in [-0.1, -0.05) is 85.7 Å². The van der Waals surface area contributed by atoms with Crippen molar-refractivity contribution in [1.29, 1.82) is 0 Å². The van der Waals surface area contributed by atoms with E-state index in [1.54, 1.807) is 26.4 Å². The van der Waals surface area contributed by atoms with Gasteiger partial charge < -0.3 is 39.6 Å². The summed E-state index contributed by atoms with van der Waals surface area (Å²) in [7, 11) is 5.03. The van der Waals surface area contributed by atoms with Crippen LogP contribution in [0.2, 0.25) is 0 Å². The summed E-state index contributed by atoms with van der Waals surface area (Å²) in [4.78, 5) is 29.0. The SMILES string of the molecule is CNCc1cccc(-c2cc(O)cc3ccc(C4(C(=O)O[C@@H]5C[C@@H](OC(C)=O)[C@H]6Cc7cc(OC)c(O)cc7C[C@]6(/C=C/c6ccccc6)[C@H]6CCc7cc(O)c(OC)cc7[C@@H]6C5)CCCC4)cc23)c1. The number of hydrogen-bond donors (Lipinski definition) is 4. The van der Waals surface area contributed by atoms with E-state index in [2.05, 4.69) is 53.9 Å². The molecule has 0 heterocycles. The highest BCUT2D eigenvalue weighted by molar-refractivity contribution is 5.99. The summed E-state index contributed by atoms with van der Waals surface area (Å²) in [6.07, 6.45) is 9.45. The molecule has 362 valence electrons. The highest BCUT2D eigenvalue weighted by atomic mass is 16.6. The molecule has 10 rings (SSSR count). The number of benzene rings is 6. The number of carbonyl (C=O) groups excluding carboxylic acids is 2. The molecule has 0 spiro atoms. The van der Waals surface area contributed by atoms with Gasteiger partial charge >= 0.3 is 11.9 Å². The summed E-state index contributed by atoms with van der Waals surface area (Å²) in [5, 5.41) is 38.4. The molecule has 10 nitrogen and oxygen atoms in total. The third kappa shape index (κ3) is 8.65. The Bertz CT molecular complexity index is 2970. The number of aromatic hydroxyl groups is 3. The molecule has 0 aliphatic heterocycles. The molecule has 2 fully saturated rings. The number of methoxy groups -OCH3 is 2. The van der Waals surface area contributed by atoms with Crippen LogP contribution in [0.5, 0.6) is 28.7 Å². The van der Waals surface area contributed by atoms with Crippen LogP contribution >= 0.6 is 0 Å². The normalized spacial score (nSPS) is 23.5. The van der Waals surface area contributed by atoms with Gasteiger partial charge in [0.25, 0.3) is 0 Å². The lowest BCUT2D eigenvalue weighted by molar-refractivity contribution is -0.168. The Morgan fingerprint density at radius 3 is 2.27 bits per heavy atom. The maximum absolute atomic E-state index is 15.6. The van der Waals surface area contributed by atoms with Crippen molar-refractivity contribution in [2.75, 3.05) is 21.3 Å². The van der Waals surface area contributed by atoms with Crippen LogP contribution in [0.3, 0.4) is 0 Å². The molecule has 4 aliphatic rings. The summed E-state index contributed by atoms with van der Waals surface area (Å²) < 4.78 is 25.0. The van der Waals surface area contributed by atoms with Gasteiger partial charge in [0.15, 0.2) is 23.0 Å². The number of phenolic OH excluding ortho intramolecular Hbond substituents is 3. The maximum Gasteiger partial charge on any atom is 0.316 e. The van der Waals surface area contributed by atoms with Gasteiger partial charge in [-0.2, -0.15) is 0 Å². The van der Waals surface area contributed by atoms with E-state index >= 15 is 4.79 Å². The predicted octanol–water partition coefficient (Wildman–Crippen LogP) is 11.3. The van der Waals surface area contributed by atoms with Crippen LogP contribution < -0.4 is 14.8 Å². The largest absolute Gasteiger partial charge is 0.508 e. The summed E-state index contributed by atoms with van der Waals surface area (Å²) in [6, 6.07) is 35.8. The second kappa shape index (κ2) is 19.2. The van der Waals surface area contributed by atoms with Gasteiger partial charge in [-0.15, -0.1) is 0 Å². The van der Waals surface area contributed by atoms with Crippen molar-refractivity contribution in [2.45, 2.75) is 101 Å². The Hall–Kier alpha value is -6.78. The van der Waals surface area contributed by atoms with Crippen molar-refractivity contribution in [3.05, 3.63) is 154 Å². The quantitative estimate of drug-likeness (QED) is 0.0927. The molecule has 6 aromatic carbocycles. The van der Waals surface area contributed by atoms with E-state index in [1.165, 1.54) is 6.92 Å². The monoisotopic (exact) mass is 941 g/mol. The number of aryl methyl sites for hydroxylation is 1. The molecule has 6 aromatic rings. The molecule has 6 atom stereocenters. The average Bonchev–Trinajstić information content (AvgIpc) is 3.86. The minimum Gasteiger partial charge on any atom is -0.508 e. The third-order valence-corrected chi connectivity index (χ3v) is 16.3. The van der Waals surface area contributed by atoms with Crippen LogP contribution in [0, 0.1) is 17.3 Å². The van der Waals surface area contributed by atoms with Crippen molar-refractivity contribution >= 4 is 28.8 Å². The number of nitrogens with one attached hydrogen (secondary N) is 1. The Kier molecular flexibility index (Phi) is 12.9. The summed E-state index contributed by atoms with van der Waals surface area (Å²) in [6.45, 7) is 2.15. The first-order chi connectivity index (χ1) is 33.9. The van der Waals surface area contributed by atoms with Crippen molar-refractivity contribution in [1.82, 2.24) is 5.32 Å². The highest BCUT2D eigenvalue weighted by Gasteiger charge is 2.57. The van der Waals surface area contributed by atoms with Crippen molar-refractivity contribution in [3.63, 3.8) is 0 Å². The molecular weight excluding hydrogens is 879 g/mol. The van der Waals surface area contributed by atoms with Crippen molar-refractivity contribution in [2.24, 2.45) is 17.3 Å². The van der Waals surface area contributed by atoms with Gasteiger partial charge in [0.2, 0.25) is 0 Å². The summed E-state index contributed by atoms with van der Waals surface area (Å²) in [5.41, 5.74) is 7.46. The second-order valence-electron chi connectivity index (χ2n) is 20.2. The lowest BCUT2D eigenvalue weighted by atomic mass is 9.49. The van der Waals surface area contributed by atoms with Crippen LogP contribution in [-0.4, -0.2) is 60.7 Å². The fraction of sp³-hybridized carbons (Fsp3) is 0.367. The molecule has 2 saturated carbocycles. The fourth-order valence-electron chi connectivity index (χ4n) is 13.1. The first-order valence-electron chi connectivity index (χ1n) is 24.8. The lowest BCUT2D eigenvalue weighted by Crippen LogP contribution is -2.54. The maximum atomic E-state index is 15.6. The van der Waals surface area contributed by atoms with Gasteiger partial charge in [-0.25, -0.2) is 0 Å². The van der Waals surface area contributed by atoms with Crippen LogP contribution in [0.15, 0.2) is 115 Å². The molecule has 4 aliphatic carbocycles. The van der Waals surface area contributed by atoms with Crippen LogP contribution in [0.1, 0.15) is 96.7 Å². The van der Waals surface area contributed by atoms with Crippen LogP contribution in [0.25, 0.3) is 28.0 Å². The summed E-state index contributed by atoms with van der Waals surface area (Å²) in [5.74, 6) is -0.0944. The molecule has 70 heavy (non-hydrogen) atoms. The van der Waals surface area contributed by atoms with Gasteiger partial charge in [0, 0.05) is 31.2 Å². The number of rotatable bonds is 11. The molecule has 0 radical (unpaired) electrons. The Balaban J connectivity index is 1.10. The fourth-order valence-corrected chi connectivity index (χ4v) is 13.1. The highest BCUT2D eigenvalue weighted by Crippen LogP contribution is 2.61. The van der Waals surface area contributed by atoms with E-state index < -0.39 is 29.0 Å². The number of fused-ring (bicyclic) bond motifs is 7. The first-order valence-corrected chi connectivity index (χ1v) is 24.8. The molecule has 0 bridgehead atoms. The number of ether oxygens (including phenoxy) is 4. The molecule has 0 amide bonds. The smallest absolute Gasteiger partial charge is 0.316 e. The number of phenols is 3. The lowest BCUT2D eigenvalue weighted by Gasteiger charge is -2.56. The van der Waals surface area contributed by atoms with Crippen LogP contribution in [-0.2, 0) is 50.3 Å². The molecular formula is C60H63NO9. The standard InChI is InChI=1S/C60H63NO9/c1-36(62)69-55-32-46(70-58(66)59(20-8-9-21-59)44-17-15-40-24-45(63)30-48(47(40)29-44)39-14-10-13-38(23-39)35-61-2)31-50-49-33-57(68-4)53(64)26-41(49)16-18-51(50)60(22-19-37-11-6-5-7-12-37)34-43-27-54(65)56(67-3)28-42(43)25-52(55)60/h5-7,10-15,17,19,22-24,26-30,33,46,50-52,55,61,63-65H,8-9,16,18,20-21,25,31-32,34-35H2,1-4H3/b22-19+/t46-,50-,51-,52+,55+,60+/m0/s1. The Labute approximate surface area is 410 Å². The number of carbonyl (C=O) groups is 2. The van der Waals surface area contributed by atoms with E-state index in [1.807, 2.05) is 67.7 Å². The van der Waals surface area contributed by atoms with E-state index in [-0.39, 0.29) is 47.4 Å². The number of esters is 2. The molecule has 0 saturated heterocycles. The van der Waals surface area contributed by atoms with Gasteiger partial charge in [0.1, 0.15) is 18.0 Å². The minimum atomic E-state index is -0.931. The Morgan fingerprint density at radius 2 is 1.53 bits per heavy atom. The first kappa shape index (κ1) is 46.9. The zero-order valence-corrected chi connectivity index (χ0v) is 40.5. The summed E-state index contributed by atoms with van der Waals surface area (Å²) >= 11 is 0. The topological polar surface area (TPSA) is 144 Å². The zero-order valence-electron chi connectivity index (χ0n) is 40.5. The minimum absolute atomic E-state index is 0.0569. The molecule has 10 heteroatoms. The zero-order chi connectivity index (χ0) is 48.7. The number of hydrogen-bond acceptors (Lipinski definition) is 10. The molecule has 4 N–H and O–H groups in total. The van der Waals surface area contributed by atoms with Gasteiger partial charge in [-0.3, -0.25) is 9.59 Å². The number of allylic oxidation sites excluding steroid dienone is 1. The van der Waals surface area contributed by atoms with Crippen molar-refractivity contribution < 1.29 is 43.9 Å². The average molecular weight is 942 g/mol. The van der Waals surface area contributed by atoms with Crippen LogP contribution in [0.4, 0.5) is 0 Å².